The molecule has 0 saturated carbocycles. The number of hydrogen-bond acceptors (Lipinski definition) is 3. The maximum atomic E-state index is 5.62. The first-order valence-corrected chi connectivity index (χ1v) is 6.09. The van der Waals surface area contributed by atoms with Crippen molar-refractivity contribution in [1.82, 2.24) is 4.98 Å². The van der Waals surface area contributed by atoms with Crippen molar-refractivity contribution in [3.63, 3.8) is 0 Å². The van der Waals surface area contributed by atoms with Gasteiger partial charge in [-0.15, -0.1) is 0 Å². The van der Waals surface area contributed by atoms with Crippen LogP contribution >= 0.6 is 15.9 Å². The van der Waals surface area contributed by atoms with Gasteiger partial charge in [0, 0.05) is 22.8 Å². The van der Waals surface area contributed by atoms with Crippen molar-refractivity contribution in [3.05, 3.63) is 58.3 Å². The van der Waals surface area contributed by atoms with Crippen molar-refractivity contribution in [2.75, 3.05) is 0 Å². The number of benzene rings is 1. The van der Waals surface area contributed by atoms with E-state index in [-0.39, 0.29) is 0 Å². The zero-order valence-electron chi connectivity index (χ0n) is 9.27. The van der Waals surface area contributed by atoms with E-state index in [1.165, 1.54) is 0 Å². The molecule has 0 fully saturated rings. The maximum absolute atomic E-state index is 5.62. The van der Waals surface area contributed by atoms with Crippen molar-refractivity contribution >= 4 is 15.9 Å². The second kappa shape index (κ2) is 5.80. The summed E-state index contributed by atoms with van der Waals surface area (Å²) in [7, 11) is 0. The molecular weight excluding hydrogens is 280 g/mol. The van der Waals surface area contributed by atoms with Gasteiger partial charge >= 0.3 is 0 Å². The highest BCUT2D eigenvalue weighted by Crippen LogP contribution is 2.20. The first-order valence-electron chi connectivity index (χ1n) is 5.30. The van der Waals surface area contributed by atoms with Crippen LogP contribution in [0.1, 0.15) is 11.1 Å². The van der Waals surface area contributed by atoms with Gasteiger partial charge in [-0.3, -0.25) is 4.98 Å². The lowest BCUT2D eigenvalue weighted by Gasteiger charge is -2.08. The molecule has 0 saturated heterocycles. The average molecular weight is 293 g/mol. The molecule has 2 N–H and O–H groups in total. The summed E-state index contributed by atoms with van der Waals surface area (Å²) in [5.41, 5.74) is 7.76. The van der Waals surface area contributed by atoms with Crippen molar-refractivity contribution in [1.29, 1.82) is 0 Å². The minimum absolute atomic E-state index is 0.511. The predicted molar refractivity (Wildman–Crippen MR) is 70.6 cm³/mol. The van der Waals surface area contributed by atoms with Gasteiger partial charge in [0.05, 0.1) is 6.20 Å². The number of halogens is 1. The Balaban J connectivity index is 2.04. The molecule has 0 atom stereocenters. The Morgan fingerprint density at radius 3 is 2.82 bits per heavy atom. The third kappa shape index (κ3) is 3.28. The van der Waals surface area contributed by atoms with E-state index in [0.29, 0.717) is 13.2 Å². The van der Waals surface area contributed by atoms with Gasteiger partial charge in [0.25, 0.3) is 0 Å². The molecule has 2 aromatic rings. The highest BCUT2D eigenvalue weighted by atomic mass is 79.9. The van der Waals surface area contributed by atoms with E-state index < -0.39 is 0 Å². The third-order valence-corrected chi connectivity index (χ3v) is 3.12. The molecule has 0 spiro atoms. The largest absolute Gasteiger partial charge is 0.487 e. The molecule has 17 heavy (non-hydrogen) atoms. The van der Waals surface area contributed by atoms with Crippen molar-refractivity contribution < 1.29 is 4.74 Å². The summed E-state index contributed by atoms with van der Waals surface area (Å²) in [6.07, 6.45) is 3.42. The van der Waals surface area contributed by atoms with Gasteiger partial charge < -0.3 is 10.5 Å². The second-order valence-corrected chi connectivity index (χ2v) is 4.46. The number of ether oxygens (including phenoxy) is 1. The number of pyridine rings is 1. The Morgan fingerprint density at radius 2 is 2.18 bits per heavy atom. The van der Waals surface area contributed by atoms with Crippen LogP contribution in [0.25, 0.3) is 0 Å². The fourth-order valence-electron chi connectivity index (χ4n) is 1.43. The monoisotopic (exact) mass is 292 g/mol. The number of hydrogen-bond donors (Lipinski definition) is 1. The van der Waals surface area contributed by atoms with Crippen LogP contribution < -0.4 is 10.5 Å². The van der Waals surface area contributed by atoms with Gasteiger partial charge in [-0.05, 0) is 23.8 Å². The smallest absolute Gasteiger partial charge is 0.138 e. The molecule has 0 bridgehead atoms. The Hall–Kier alpha value is -1.39. The normalized spacial score (nSPS) is 10.2. The van der Waals surface area contributed by atoms with Gasteiger partial charge in [-0.1, -0.05) is 28.1 Å². The van der Waals surface area contributed by atoms with Crippen LogP contribution in [0.15, 0.2) is 47.2 Å². The van der Waals surface area contributed by atoms with Crippen LogP contribution in [0.2, 0.25) is 0 Å². The number of aromatic nitrogens is 1. The Labute approximate surface area is 109 Å². The van der Waals surface area contributed by atoms with Gasteiger partial charge in [0.1, 0.15) is 12.4 Å². The summed E-state index contributed by atoms with van der Waals surface area (Å²) in [6.45, 7) is 1.06. The van der Waals surface area contributed by atoms with Crippen LogP contribution in [-0.2, 0) is 13.2 Å². The van der Waals surface area contributed by atoms with Crippen molar-refractivity contribution in [2.45, 2.75) is 13.2 Å². The topological polar surface area (TPSA) is 48.1 Å². The van der Waals surface area contributed by atoms with Crippen LogP contribution in [-0.4, -0.2) is 4.98 Å². The highest BCUT2D eigenvalue weighted by Gasteiger charge is 2.02. The minimum atomic E-state index is 0.511. The summed E-state index contributed by atoms with van der Waals surface area (Å²) in [5.74, 6) is 0.766. The van der Waals surface area contributed by atoms with E-state index in [2.05, 4.69) is 20.9 Å². The number of rotatable bonds is 4. The second-order valence-electron chi connectivity index (χ2n) is 3.61. The van der Waals surface area contributed by atoms with Gasteiger partial charge in [0.2, 0.25) is 0 Å². The van der Waals surface area contributed by atoms with Crippen LogP contribution in [0.3, 0.4) is 0 Å². The summed E-state index contributed by atoms with van der Waals surface area (Å²) in [4.78, 5) is 3.99. The van der Waals surface area contributed by atoms with E-state index in [0.717, 1.165) is 21.3 Å². The Morgan fingerprint density at radius 1 is 1.29 bits per heavy atom. The van der Waals surface area contributed by atoms with Crippen molar-refractivity contribution in [3.8, 4) is 5.75 Å². The molecule has 0 aliphatic carbocycles. The highest BCUT2D eigenvalue weighted by molar-refractivity contribution is 9.10. The average Bonchev–Trinajstić information content (AvgIpc) is 2.38. The molecule has 0 aliphatic heterocycles. The Kier molecular flexibility index (Phi) is 4.12. The van der Waals surface area contributed by atoms with E-state index in [1.54, 1.807) is 12.4 Å². The molecule has 0 radical (unpaired) electrons. The summed E-state index contributed by atoms with van der Waals surface area (Å²) >= 11 is 3.51. The van der Waals surface area contributed by atoms with E-state index in [1.807, 2.05) is 30.3 Å². The standard InChI is InChI=1S/C13H13BrN2O/c14-13-6-10(7-15)3-4-11(13)9-17-12-2-1-5-16-8-12/h1-6,8H,7,9,15H2. The first kappa shape index (κ1) is 12.1. The van der Waals surface area contributed by atoms with E-state index in [9.17, 15) is 0 Å². The lowest BCUT2D eigenvalue weighted by molar-refractivity contribution is 0.304. The van der Waals surface area contributed by atoms with Crippen LogP contribution in [0.5, 0.6) is 5.75 Å². The summed E-state index contributed by atoms with van der Waals surface area (Å²) in [6, 6.07) is 9.77. The maximum Gasteiger partial charge on any atom is 0.138 e. The van der Waals surface area contributed by atoms with Crippen molar-refractivity contribution in [2.24, 2.45) is 5.73 Å². The Bertz CT molecular complexity index is 488. The first-order chi connectivity index (χ1) is 8.29. The molecule has 0 aliphatic rings. The molecule has 0 unspecified atom stereocenters. The molecule has 1 aromatic heterocycles. The molecule has 1 heterocycles. The SMILES string of the molecule is NCc1ccc(COc2cccnc2)c(Br)c1. The minimum Gasteiger partial charge on any atom is -0.487 e. The number of nitrogens with two attached hydrogens (primary N) is 1. The van der Waals surface area contributed by atoms with Crippen LogP contribution in [0.4, 0.5) is 0 Å². The molecule has 3 nitrogen and oxygen atoms in total. The quantitative estimate of drug-likeness (QED) is 0.943. The molecular formula is C13H13BrN2O. The zero-order valence-corrected chi connectivity index (χ0v) is 10.9. The van der Waals surface area contributed by atoms with Gasteiger partial charge in [-0.25, -0.2) is 0 Å². The predicted octanol–water partition coefficient (Wildman–Crippen LogP) is 2.88. The molecule has 88 valence electrons. The lowest BCUT2D eigenvalue weighted by atomic mass is 10.1. The van der Waals surface area contributed by atoms with E-state index in [4.69, 9.17) is 10.5 Å². The third-order valence-electron chi connectivity index (χ3n) is 2.38. The molecule has 2 rings (SSSR count). The van der Waals surface area contributed by atoms with Gasteiger partial charge in [-0.2, -0.15) is 0 Å². The van der Waals surface area contributed by atoms with Crippen LogP contribution in [0, 0.1) is 0 Å². The number of nitrogens with zero attached hydrogens (tertiary/aromatic N) is 1. The molecule has 1 aromatic carbocycles. The molecule has 0 amide bonds. The zero-order chi connectivity index (χ0) is 12.1. The van der Waals surface area contributed by atoms with Gasteiger partial charge in [0.15, 0.2) is 0 Å². The van der Waals surface area contributed by atoms with E-state index >= 15 is 0 Å². The molecule has 4 heteroatoms. The lowest BCUT2D eigenvalue weighted by Crippen LogP contribution is -2.00. The fraction of sp³-hybridized carbons (Fsp3) is 0.154. The summed E-state index contributed by atoms with van der Waals surface area (Å²) in [5, 5.41) is 0. The summed E-state index contributed by atoms with van der Waals surface area (Å²) < 4.78 is 6.64. The fourth-order valence-corrected chi connectivity index (χ4v) is 1.97.